The summed E-state index contributed by atoms with van der Waals surface area (Å²) in [6, 6.07) is 0. The molecule has 0 unspecified atom stereocenters. The Morgan fingerprint density at radius 3 is 2.19 bits per heavy atom. The topological polar surface area (TPSA) is 199 Å². The van der Waals surface area contributed by atoms with Crippen LogP contribution in [0.25, 0.3) is 0 Å². The summed E-state index contributed by atoms with van der Waals surface area (Å²) in [7, 11) is 0. The second-order valence-electron chi connectivity index (χ2n) is 11.2. The average molecular weight is 525 g/mol. The maximum atomic E-state index is 10.3. The van der Waals surface area contributed by atoms with E-state index in [1.807, 2.05) is 0 Å². The maximum Gasteiger partial charge on any atom is 0.186 e. The fourth-order valence-electron chi connectivity index (χ4n) is 5.98. The molecule has 0 spiro atoms. The Morgan fingerprint density at radius 2 is 1.58 bits per heavy atom. The molecule has 0 amide bonds. The van der Waals surface area contributed by atoms with E-state index in [1.165, 1.54) is 0 Å². The van der Waals surface area contributed by atoms with Crippen molar-refractivity contribution in [1.82, 2.24) is 0 Å². The molecule has 36 heavy (non-hydrogen) atoms. The third-order valence-electron chi connectivity index (χ3n) is 8.04. The van der Waals surface area contributed by atoms with Crippen LogP contribution in [0.15, 0.2) is 0 Å². The molecule has 212 valence electrons. The monoisotopic (exact) mass is 524 g/mol. The number of rotatable bonds is 9. The molecule has 0 aromatic carbocycles. The number of hydrogen-bond donors (Lipinski definition) is 8. The Bertz CT molecular complexity index is 677. The van der Waals surface area contributed by atoms with Crippen LogP contribution in [-0.2, 0) is 18.9 Å². The van der Waals surface area contributed by atoms with Crippen LogP contribution in [-0.4, -0.2) is 128 Å². The van der Waals surface area contributed by atoms with Crippen molar-refractivity contribution in [3.63, 3.8) is 0 Å². The molecule has 2 aliphatic heterocycles. The van der Waals surface area contributed by atoms with Crippen LogP contribution in [0.1, 0.15) is 46.5 Å². The van der Waals surface area contributed by atoms with Crippen LogP contribution in [0.5, 0.6) is 0 Å². The first-order valence-electron chi connectivity index (χ1n) is 12.8. The van der Waals surface area contributed by atoms with Crippen LogP contribution < -0.4 is 0 Å². The van der Waals surface area contributed by atoms with E-state index in [1.54, 1.807) is 0 Å². The molecular weight excluding hydrogens is 480 g/mol. The maximum absolute atomic E-state index is 10.3. The molecule has 3 rings (SSSR count). The number of aliphatic hydroxyl groups is 8. The third kappa shape index (κ3) is 6.74. The van der Waals surface area contributed by atoms with Crippen molar-refractivity contribution in [2.75, 3.05) is 19.8 Å². The minimum absolute atomic E-state index is 0.177. The lowest BCUT2D eigenvalue weighted by Gasteiger charge is -2.48. The third-order valence-corrected chi connectivity index (χ3v) is 8.04. The highest BCUT2D eigenvalue weighted by Crippen LogP contribution is 2.48. The molecule has 3 aliphatic rings. The standard InChI is InChI=1S/C24H44O12/c1-11-6-13(35-23-21(32)19(30)18(29)16(9-26)36-23)7-24(2,3)14(11)5-4-12(8-25)34-22-20(31)17(28)15(27)10-33-22/h11-23,25-32H,4-10H2,1-3H3/t11-,12+,13+,14+,15+,16-,17+,18-,19+,20+,21-,22-,23-/m1/s1. The molecule has 8 N–H and O–H groups in total. The Labute approximate surface area is 211 Å². The Balaban J connectivity index is 1.55. The lowest BCUT2D eigenvalue weighted by atomic mass is 9.61. The summed E-state index contributed by atoms with van der Waals surface area (Å²) in [6.45, 7) is 5.32. The summed E-state index contributed by atoms with van der Waals surface area (Å²) in [5.74, 6) is 0.422. The number of hydrogen-bond acceptors (Lipinski definition) is 12. The smallest absolute Gasteiger partial charge is 0.186 e. The molecular formula is C24H44O12. The molecule has 0 bridgehead atoms. The average Bonchev–Trinajstić information content (AvgIpc) is 2.82. The van der Waals surface area contributed by atoms with Crippen LogP contribution in [0.4, 0.5) is 0 Å². The van der Waals surface area contributed by atoms with Gasteiger partial charge in [-0.05, 0) is 42.9 Å². The number of aliphatic hydroxyl groups excluding tert-OH is 8. The molecule has 2 saturated heterocycles. The first kappa shape index (κ1) is 30.1. The minimum Gasteiger partial charge on any atom is -0.394 e. The van der Waals surface area contributed by atoms with Gasteiger partial charge in [-0.1, -0.05) is 20.8 Å². The first-order valence-corrected chi connectivity index (χ1v) is 12.8. The fourth-order valence-corrected chi connectivity index (χ4v) is 5.98. The highest BCUT2D eigenvalue weighted by Gasteiger charge is 2.47. The quantitative estimate of drug-likeness (QED) is 0.163. The lowest BCUT2D eigenvalue weighted by Crippen LogP contribution is -2.60. The van der Waals surface area contributed by atoms with Crippen LogP contribution >= 0.6 is 0 Å². The van der Waals surface area contributed by atoms with E-state index in [4.69, 9.17) is 18.9 Å². The molecule has 12 heteroatoms. The van der Waals surface area contributed by atoms with Gasteiger partial charge in [0, 0.05) is 0 Å². The molecule has 3 fully saturated rings. The van der Waals surface area contributed by atoms with E-state index < -0.39 is 68.0 Å². The van der Waals surface area contributed by atoms with Crippen LogP contribution in [0, 0.1) is 17.3 Å². The van der Waals surface area contributed by atoms with Crippen molar-refractivity contribution in [2.24, 2.45) is 17.3 Å². The molecule has 0 aromatic heterocycles. The molecule has 2 heterocycles. The van der Waals surface area contributed by atoms with E-state index in [-0.39, 0.29) is 36.6 Å². The van der Waals surface area contributed by atoms with Gasteiger partial charge >= 0.3 is 0 Å². The summed E-state index contributed by atoms with van der Waals surface area (Å²) < 4.78 is 22.5. The first-order chi connectivity index (χ1) is 16.9. The predicted octanol–water partition coefficient (Wildman–Crippen LogP) is -2.16. The van der Waals surface area contributed by atoms with Gasteiger partial charge in [-0.2, -0.15) is 0 Å². The molecule has 0 aromatic rings. The Kier molecular flexibility index (Phi) is 10.5. The zero-order valence-corrected chi connectivity index (χ0v) is 21.2. The van der Waals surface area contributed by atoms with Crippen molar-refractivity contribution in [3.8, 4) is 0 Å². The highest BCUT2D eigenvalue weighted by molar-refractivity contribution is 4.94. The zero-order chi connectivity index (χ0) is 26.8. The summed E-state index contributed by atoms with van der Waals surface area (Å²) in [6.07, 6.45) is -10.2. The van der Waals surface area contributed by atoms with Crippen molar-refractivity contribution in [2.45, 2.75) is 114 Å². The highest BCUT2D eigenvalue weighted by atomic mass is 16.7. The van der Waals surface area contributed by atoms with E-state index >= 15 is 0 Å². The van der Waals surface area contributed by atoms with Crippen LogP contribution in [0.3, 0.4) is 0 Å². The van der Waals surface area contributed by atoms with Gasteiger partial charge in [-0.3, -0.25) is 0 Å². The van der Waals surface area contributed by atoms with Crippen molar-refractivity contribution in [3.05, 3.63) is 0 Å². The minimum atomic E-state index is -1.49. The Morgan fingerprint density at radius 1 is 0.917 bits per heavy atom. The van der Waals surface area contributed by atoms with Gasteiger partial charge < -0.3 is 59.8 Å². The summed E-state index contributed by atoms with van der Waals surface area (Å²) in [5, 5.41) is 79.2. The van der Waals surface area contributed by atoms with Gasteiger partial charge in [0.1, 0.15) is 42.7 Å². The van der Waals surface area contributed by atoms with Gasteiger partial charge in [0.15, 0.2) is 12.6 Å². The second kappa shape index (κ2) is 12.6. The molecule has 12 nitrogen and oxygen atoms in total. The van der Waals surface area contributed by atoms with E-state index in [9.17, 15) is 40.9 Å². The largest absolute Gasteiger partial charge is 0.394 e. The normalized spacial score (nSPS) is 46.4. The van der Waals surface area contributed by atoms with Crippen molar-refractivity contribution < 1.29 is 59.8 Å². The van der Waals surface area contributed by atoms with E-state index in [0.717, 1.165) is 0 Å². The van der Waals surface area contributed by atoms with E-state index in [0.29, 0.717) is 25.7 Å². The molecule has 13 atom stereocenters. The zero-order valence-electron chi connectivity index (χ0n) is 21.2. The van der Waals surface area contributed by atoms with Gasteiger partial charge in [0.05, 0.1) is 32.0 Å². The van der Waals surface area contributed by atoms with Gasteiger partial charge in [-0.15, -0.1) is 0 Å². The summed E-state index contributed by atoms with van der Waals surface area (Å²) >= 11 is 0. The van der Waals surface area contributed by atoms with Crippen molar-refractivity contribution in [1.29, 1.82) is 0 Å². The molecule has 0 radical (unpaired) electrons. The van der Waals surface area contributed by atoms with Crippen molar-refractivity contribution >= 4 is 0 Å². The van der Waals surface area contributed by atoms with E-state index in [2.05, 4.69) is 20.8 Å². The van der Waals surface area contributed by atoms with Gasteiger partial charge in [0.2, 0.25) is 0 Å². The SMILES string of the molecule is C[C@@H]1C[C@H](O[C@@H]2O[C@H](CO)[C@@H](O)[C@H](O)[C@H]2O)CC(C)(C)[C@H]1CC[C@@H](CO)O[C@H]1OC[C@H](O)[C@H](O)[C@@H]1O. The Hall–Kier alpha value is -0.480. The fraction of sp³-hybridized carbons (Fsp3) is 1.00. The summed E-state index contributed by atoms with van der Waals surface area (Å²) in [5.41, 5.74) is -0.197. The summed E-state index contributed by atoms with van der Waals surface area (Å²) in [4.78, 5) is 0. The number of ether oxygens (including phenoxy) is 4. The lowest BCUT2D eigenvalue weighted by molar-refractivity contribution is -0.316. The molecule has 1 aliphatic carbocycles. The van der Waals surface area contributed by atoms with Gasteiger partial charge in [0.25, 0.3) is 0 Å². The second-order valence-corrected chi connectivity index (χ2v) is 11.2. The van der Waals surface area contributed by atoms with Crippen LogP contribution in [0.2, 0.25) is 0 Å². The molecule has 1 saturated carbocycles. The predicted molar refractivity (Wildman–Crippen MR) is 123 cm³/mol. The van der Waals surface area contributed by atoms with Gasteiger partial charge in [-0.25, -0.2) is 0 Å².